The van der Waals surface area contributed by atoms with Crippen molar-refractivity contribution in [1.82, 2.24) is 5.32 Å². The molecule has 2 aliphatic rings. The zero-order valence-corrected chi connectivity index (χ0v) is 10.7. The van der Waals surface area contributed by atoms with Gasteiger partial charge in [-0.3, -0.25) is 0 Å². The average molecular weight is 239 g/mol. The highest BCUT2D eigenvalue weighted by Crippen LogP contribution is 2.43. The maximum absolute atomic E-state index is 3.87. The number of fused-ring (bicyclic) bond motifs is 2. The predicted molar refractivity (Wildman–Crippen MR) is 68.9 cm³/mol. The van der Waals surface area contributed by atoms with Crippen LogP contribution in [0.15, 0.2) is 11.4 Å². The van der Waals surface area contributed by atoms with Gasteiger partial charge in [-0.1, -0.05) is 0 Å². The quantitative estimate of drug-likeness (QED) is 0.747. The third-order valence-corrected chi connectivity index (χ3v) is 5.72. The Labute approximate surface area is 99.7 Å². The number of hydrogen-bond acceptors (Lipinski definition) is 3. The highest BCUT2D eigenvalue weighted by molar-refractivity contribution is 7.99. The van der Waals surface area contributed by atoms with Crippen LogP contribution in [0.3, 0.4) is 0 Å². The molecule has 2 aliphatic heterocycles. The monoisotopic (exact) mass is 239 g/mol. The molecule has 0 saturated carbocycles. The molecule has 1 N–H and O–H groups in total. The van der Waals surface area contributed by atoms with E-state index in [0.29, 0.717) is 11.6 Å². The van der Waals surface area contributed by atoms with Crippen LogP contribution in [0.25, 0.3) is 0 Å². The van der Waals surface area contributed by atoms with Gasteiger partial charge >= 0.3 is 0 Å². The summed E-state index contributed by atoms with van der Waals surface area (Å²) in [5.74, 6) is 2.63. The van der Waals surface area contributed by atoms with Crippen molar-refractivity contribution >= 4 is 23.1 Å². The molecule has 1 saturated heterocycles. The minimum Gasteiger partial charge on any atom is -0.304 e. The highest BCUT2D eigenvalue weighted by atomic mass is 32.2. The van der Waals surface area contributed by atoms with Gasteiger partial charge in [0.15, 0.2) is 0 Å². The van der Waals surface area contributed by atoms with E-state index >= 15 is 0 Å². The van der Waals surface area contributed by atoms with Crippen molar-refractivity contribution < 1.29 is 0 Å². The molecule has 3 rings (SSSR count). The summed E-state index contributed by atoms with van der Waals surface area (Å²) in [6.45, 7) is 2.32. The Bertz CT molecular complexity index is 352. The molecule has 1 fully saturated rings. The molecule has 0 radical (unpaired) electrons. The predicted octanol–water partition coefficient (Wildman–Crippen LogP) is 3.00. The molecular weight excluding hydrogens is 222 g/mol. The van der Waals surface area contributed by atoms with Gasteiger partial charge in [-0.05, 0) is 54.7 Å². The maximum atomic E-state index is 3.87. The molecule has 82 valence electrons. The lowest BCUT2D eigenvalue weighted by atomic mass is 9.82. The van der Waals surface area contributed by atoms with Crippen molar-refractivity contribution in [2.24, 2.45) is 0 Å². The second kappa shape index (κ2) is 3.79. The molecule has 1 spiro atoms. The Kier molecular flexibility index (Phi) is 2.57. The normalized spacial score (nSPS) is 29.0. The van der Waals surface area contributed by atoms with Crippen LogP contribution in [-0.4, -0.2) is 17.5 Å². The summed E-state index contributed by atoms with van der Waals surface area (Å²) in [4.78, 5) is 1.64. The van der Waals surface area contributed by atoms with Gasteiger partial charge in [0.05, 0.1) is 5.54 Å². The summed E-state index contributed by atoms with van der Waals surface area (Å²) in [6, 6.07) is 2.98. The zero-order chi connectivity index (χ0) is 10.3. The molecule has 15 heavy (non-hydrogen) atoms. The second-order valence-corrected chi connectivity index (χ2v) is 6.86. The van der Waals surface area contributed by atoms with Crippen molar-refractivity contribution in [2.75, 3.05) is 11.5 Å². The van der Waals surface area contributed by atoms with E-state index in [1.165, 1.54) is 30.8 Å². The van der Waals surface area contributed by atoms with Crippen LogP contribution < -0.4 is 5.32 Å². The van der Waals surface area contributed by atoms with E-state index in [1.807, 2.05) is 11.3 Å². The minimum absolute atomic E-state index is 0.340. The van der Waals surface area contributed by atoms with Gasteiger partial charge in [0.2, 0.25) is 0 Å². The molecule has 0 amide bonds. The second-order valence-electron chi connectivity index (χ2n) is 4.72. The summed E-state index contributed by atoms with van der Waals surface area (Å²) < 4.78 is 0. The number of hydrogen-bond donors (Lipinski definition) is 1. The van der Waals surface area contributed by atoms with E-state index in [9.17, 15) is 0 Å². The lowest BCUT2D eigenvalue weighted by Crippen LogP contribution is -2.52. The zero-order valence-electron chi connectivity index (χ0n) is 9.08. The van der Waals surface area contributed by atoms with Crippen molar-refractivity contribution in [2.45, 2.75) is 37.8 Å². The van der Waals surface area contributed by atoms with Gasteiger partial charge in [0.25, 0.3) is 0 Å². The smallest absolute Gasteiger partial charge is 0.0549 e. The molecule has 3 heteroatoms. The Morgan fingerprint density at radius 1 is 1.40 bits per heavy atom. The number of nitrogens with one attached hydrogen (secondary N) is 1. The van der Waals surface area contributed by atoms with Crippen LogP contribution in [0.2, 0.25) is 0 Å². The highest BCUT2D eigenvalue weighted by Gasteiger charge is 2.40. The van der Waals surface area contributed by atoms with E-state index in [0.717, 1.165) is 0 Å². The van der Waals surface area contributed by atoms with Gasteiger partial charge in [0, 0.05) is 10.9 Å². The number of rotatable bonds is 0. The van der Waals surface area contributed by atoms with Crippen molar-refractivity contribution in [1.29, 1.82) is 0 Å². The first-order valence-corrected chi connectivity index (χ1v) is 7.76. The van der Waals surface area contributed by atoms with Crippen molar-refractivity contribution in [3.8, 4) is 0 Å². The Hall–Kier alpha value is 0.01000. The molecule has 1 atom stereocenters. The first-order chi connectivity index (χ1) is 7.30. The third-order valence-electron chi connectivity index (χ3n) is 3.58. The Morgan fingerprint density at radius 2 is 2.20 bits per heavy atom. The molecular formula is C12H17NS2. The number of thiophene rings is 1. The van der Waals surface area contributed by atoms with Gasteiger partial charge in [-0.25, -0.2) is 0 Å². The summed E-state index contributed by atoms with van der Waals surface area (Å²) in [7, 11) is 0. The van der Waals surface area contributed by atoms with Crippen LogP contribution in [-0.2, 0) is 12.0 Å². The number of thioether (sulfide) groups is 1. The van der Waals surface area contributed by atoms with Crippen molar-refractivity contribution in [3.63, 3.8) is 0 Å². The minimum atomic E-state index is 0.340. The molecule has 0 bridgehead atoms. The van der Waals surface area contributed by atoms with Crippen LogP contribution >= 0.6 is 23.1 Å². The van der Waals surface area contributed by atoms with Gasteiger partial charge in [-0.2, -0.15) is 11.8 Å². The van der Waals surface area contributed by atoms with Gasteiger partial charge < -0.3 is 5.32 Å². The van der Waals surface area contributed by atoms with E-state index in [2.05, 4.69) is 35.4 Å². The first kappa shape index (κ1) is 10.2. The summed E-state index contributed by atoms with van der Waals surface area (Å²) in [5, 5.41) is 6.14. The van der Waals surface area contributed by atoms with Crippen LogP contribution in [0.1, 0.15) is 30.2 Å². The molecule has 0 aromatic carbocycles. The van der Waals surface area contributed by atoms with Gasteiger partial charge in [-0.15, -0.1) is 11.3 Å². The molecule has 1 aromatic rings. The SMILES string of the molecule is C[C@@H]1Cc2ccsc2C2(CCSCC2)N1. The summed E-state index contributed by atoms with van der Waals surface area (Å²) >= 11 is 4.07. The van der Waals surface area contributed by atoms with Crippen LogP contribution in [0.5, 0.6) is 0 Å². The lowest BCUT2D eigenvalue weighted by molar-refractivity contribution is 0.259. The van der Waals surface area contributed by atoms with E-state index in [1.54, 1.807) is 10.4 Å². The van der Waals surface area contributed by atoms with Crippen LogP contribution in [0, 0.1) is 0 Å². The standard InChI is InChI=1S/C12H17NS2/c1-9-8-10-2-5-15-11(10)12(13-9)3-6-14-7-4-12/h2,5,9,13H,3-4,6-8H2,1H3/t9-/m1/s1. The molecule has 3 heterocycles. The molecule has 0 unspecified atom stereocenters. The first-order valence-electron chi connectivity index (χ1n) is 5.72. The topological polar surface area (TPSA) is 12.0 Å². The fourth-order valence-electron chi connectivity index (χ4n) is 2.93. The maximum Gasteiger partial charge on any atom is 0.0549 e. The van der Waals surface area contributed by atoms with E-state index < -0.39 is 0 Å². The third kappa shape index (κ3) is 1.65. The molecule has 1 aromatic heterocycles. The fraction of sp³-hybridized carbons (Fsp3) is 0.667. The fourth-order valence-corrected chi connectivity index (χ4v) is 5.28. The van der Waals surface area contributed by atoms with E-state index in [-0.39, 0.29) is 0 Å². The Morgan fingerprint density at radius 3 is 3.00 bits per heavy atom. The Balaban J connectivity index is 2.02. The average Bonchev–Trinajstić information content (AvgIpc) is 2.67. The molecule has 0 aliphatic carbocycles. The van der Waals surface area contributed by atoms with Crippen molar-refractivity contribution in [3.05, 3.63) is 21.9 Å². The van der Waals surface area contributed by atoms with Crippen LogP contribution in [0.4, 0.5) is 0 Å². The van der Waals surface area contributed by atoms with E-state index in [4.69, 9.17) is 0 Å². The molecule has 1 nitrogen and oxygen atoms in total. The summed E-state index contributed by atoms with van der Waals surface area (Å²) in [6.07, 6.45) is 3.85. The lowest BCUT2D eigenvalue weighted by Gasteiger charge is -2.43. The largest absolute Gasteiger partial charge is 0.304 e. The van der Waals surface area contributed by atoms with Gasteiger partial charge in [0.1, 0.15) is 0 Å². The summed E-state index contributed by atoms with van der Waals surface area (Å²) in [5.41, 5.74) is 1.95.